The van der Waals surface area contributed by atoms with Crippen molar-refractivity contribution in [2.24, 2.45) is 0 Å². The van der Waals surface area contributed by atoms with Crippen molar-refractivity contribution in [3.05, 3.63) is 94.8 Å². The Labute approximate surface area is 210 Å². The van der Waals surface area contributed by atoms with Gasteiger partial charge in [0.1, 0.15) is 5.75 Å². The molecule has 1 aliphatic rings. The summed E-state index contributed by atoms with van der Waals surface area (Å²) in [7, 11) is 3.86. The number of ether oxygens (including phenoxy) is 1. The Balaban J connectivity index is 0.00000245. The maximum atomic E-state index is 5.30. The zero-order valence-corrected chi connectivity index (χ0v) is 21.6. The number of fused-ring (bicyclic) bond motifs is 3. The molecule has 162 valence electrons. The number of halogens is 1. The van der Waals surface area contributed by atoms with Crippen LogP contribution in [0.1, 0.15) is 17.0 Å². The fourth-order valence-electron chi connectivity index (χ4n) is 4.38. The van der Waals surface area contributed by atoms with Gasteiger partial charge in [-0.3, -0.25) is 0 Å². The molecule has 0 atom stereocenters. The van der Waals surface area contributed by atoms with E-state index in [1.807, 2.05) is 23.9 Å². The Morgan fingerprint density at radius 3 is 2.28 bits per heavy atom. The maximum Gasteiger partial charge on any atom is 0.211 e. The third-order valence-electron chi connectivity index (χ3n) is 5.82. The molecule has 0 N–H and O–H groups in total. The number of aromatic nitrogens is 1. The minimum absolute atomic E-state index is 0. The highest BCUT2D eigenvalue weighted by atomic mass is 127. The molecule has 2 heterocycles. The number of anilines is 1. The van der Waals surface area contributed by atoms with Crippen molar-refractivity contribution in [3.63, 3.8) is 0 Å². The quantitative estimate of drug-likeness (QED) is 0.287. The second-order valence-corrected chi connectivity index (χ2v) is 8.94. The van der Waals surface area contributed by atoms with E-state index in [-0.39, 0.29) is 24.0 Å². The Morgan fingerprint density at radius 2 is 1.59 bits per heavy atom. The van der Waals surface area contributed by atoms with Gasteiger partial charge in [-0.15, -0.1) is 0 Å². The van der Waals surface area contributed by atoms with E-state index in [1.165, 1.54) is 43.3 Å². The average molecular weight is 552 g/mol. The summed E-state index contributed by atoms with van der Waals surface area (Å²) in [4.78, 5) is 3.63. The molecule has 32 heavy (non-hydrogen) atoms. The molecule has 0 saturated carbocycles. The monoisotopic (exact) mass is 552 g/mol. The van der Waals surface area contributed by atoms with E-state index in [0.717, 1.165) is 11.4 Å². The van der Waals surface area contributed by atoms with Crippen molar-refractivity contribution in [2.45, 2.75) is 18.7 Å². The van der Waals surface area contributed by atoms with Gasteiger partial charge < -0.3 is 33.6 Å². The number of aryl methyl sites for hydroxylation is 2. The van der Waals surface area contributed by atoms with Gasteiger partial charge in [0, 0.05) is 55.4 Å². The van der Waals surface area contributed by atoms with Gasteiger partial charge >= 0.3 is 0 Å². The molecule has 0 amide bonds. The zero-order valence-electron chi connectivity index (χ0n) is 18.6. The van der Waals surface area contributed by atoms with Gasteiger partial charge in [-0.25, -0.2) is 0 Å². The van der Waals surface area contributed by atoms with Crippen molar-refractivity contribution in [1.29, 1.82) is 0 Å². The molecule has 0 saturated heterocycles. The number of hydrogen-bond acceptors (Lipinski definition) is 3. The highest BCUT2D eigenvalue weighted by Crippen LogP contribution is 2.49. The number of hydrogen-bond donors (Lipinski definition) is 0. The first-order valence-electron chi connectivity index (χ1n) is 10.4. The highest BCUT2D eigenvalue weighted by Gasteiger charge is 2.24. The molecular weight excluding hydrogens is 527 g/mol. The van der Waals surface area contributed by atoms with E-state index < -0.39 is 0 Å². The van der Waals surface area contributed by atoms with Gasteiger partial charge in [0.05, 0.1) is 17.8 Å². The van der Waals surface area contributed by atoms with E-state index in [9.17, 15) is 0 Å². The van der Waals surface area contributed by atoms with E-state index in [1.54, 1.807) is 7.11 Å². The number of thioether (sulfide) groups is 1. The standard InChI is InChI=1S/C27H25N2OS.HI/c1-18-15-20(16-19(2)29(18)22-10-12-23(30-4)13-11-22)17-26-28(3)27-24-8-6-5-7-21(24)9-14-25(27)31-26;/h5-17H,1-4H3;1H/q+1;/p-1. The van der Waals surface area contributed by atoms with Crippen LogP contribution in [0.2, 0.25) is 0 Å². The SMILES string of the molecule is COc1ccc(-[n+]2c(C)cc(/C=C3\Sc4ccc5ccccc5c4N3C)cc2C)cc1.[I-]. The Hall–Kier alpha value is -2.51. The van der Waals surface area contributed by atoms with Gasteiger partial charge in [-0.1, -0.05) is 42.1 Å². The minimum atomic E-state index is 0. The van der Waals surface area contributed by atoms with Crippen molar-refractivity contribution < 1.29 is 33.3 Å². The van der Waals surface area contributed by atoms with Gasteiger partial charge in [0.2, 0.25) is 5.69 Å². The average Bonchev–Trinajstić information content (AvgIpc) is 3.09. The van der Waals surface area contributed by atoms with Gasteiger partial charge in [0.15, 0.2) is 11.4 Å². The fourth-order valence-corrected chi connectivity index (χ4v) is 5.51. The van der Waals surface area contributed by atoms with Crippen molar-refractivity contribution >= 4 is 34.3 Å². The van der Waals surface area contributed by atoms with Crippen LogP contribution in [0, 0.1) is 13.8 Å². The highest BCUT2D eigenvalue weighted by molar-refractivity contribution is 8.04. The summed E-state index contributed by atoms with van der Waals surface area (Å²) < 4.78 is 7.57. The third kappa shape index (κ3) is 3.99. The lowest BCUT2D eigenvalue weighted by molar-refractivity contribution is -0.609. The molecule has 5 heteroatoms. The lowest BCUT2D eigenvalue weighted by atomic mass is 10.1. The predicted molar refractivity (Wildman–Crippen MR) is 130 cm³/mol. The van der Waals surface area contributed by atoms with Crippen LogP contribution in [0.3, 0.4) is 0 Å². The van der Waals surface area contributed by atoms with Gasteiger partial charge in [-0.05, 0) is 35.2 Å². The van der Waals surface area contributed by atoms with Crippen LogP contribution >= 0.6 is 11.8 Å². The lowest BCUT2D eigenvalue weighted by Gasteiger charge is -2.16. The van der Waals surface area contributed by atoms with Crippen LogP contribution in [0.4, 0.5) is 5.69 Å². The Bertz CT molecular complexity index is 1310. The summed E-state index contributed by atoms with van der Waals surface area (Å²) in [6.45, 7) is 4.32. The van der Waals surface area contributed by atoms with E-state index in [2.05, 4.69) is 97.1 Å². The first-order valence-corrected chi connectivity index (χ1v) is 11.2. The van der Waals surface area contributed by atoms with Gasteiger partial charge in [0.25, 0.3) is 0 Å². The van der Waals surface area contributed by atoms with Crippen LogP contribution in [0.15, 0.2) is 82.7 Å². The second kappa shape index (κ2) is 9.16. The number of nitrogens with zero attached hydrogens (tertiary/aromatic N) is 2. The zero-order chi connectivity index (χ0) is 21.5. The molecule has 0 bridgehead atoms. The van der Waals surface area contributed by atoms with Gasteiger partial charge in [-0.2, -0.15) is 4.57 Å². The van der Waals surface area contributed by atoms with Crippen LogP contribution in [0.5, 0.6) is 5.75 Å². The number of benzene rings is 3. The first-order chi connectivity index (χ1) is 15.0. The minimum Gasteiger partial charge on any atom is -1.00 e. The number of methoxy groups -OCH3 is 1. The third-order valence-corrected chi connectivity index (χ3v) is 6.97. The molecule has 0 radical (unpaired) electrons. The smallest absolute Gasteiger partial charge is 0.211 e. The summed E-state index contributed by atoms with van der Waals surface area (Å²) >= 11 is 1.84. The number of rotatable bonds is 3. The molecule has 3 nitrogen and oxygen atoms in total. The first kappa shape index (κ1) is 22.7. The largest absolute Gasteiger partial charge is 1.00 e. The van der Waals surface area contributed by atoms with Crippen molar-refractivity contribution in [2.75, 3.05) is 19.1 Å². The molecule has 5 rings (SSSR count). The summed E-state index contributed by atoms with van der Waals surface area (Å²) in [6, 6.07) is 25.8. The summed E-state index contributed by atoms with van der Waals surface area (Å²) in [5.74, 6) is 0.870. The maximum absolute atomic E-state index is 5.30. The molecule has 1 aromatic heterocycles. The molecule has 0 fully saturated rings. The number of pyridine rings is 1. The van der Waals surface area contributed by atoms with Crippen molar-refractivity contribution in [3.8, 4) is 11.4 Å². The van der Waals surface area contributed by atoms with Crippen LogP contribution in [0.25, 0.3) is 22.5 Å². The Morgan fingerprint density at radius 1 is 0.906 bits per heavy atom. The molecule has 3 aromatic carbocycles. The molecule has 1 aliphatic heterocycles. The topological polar surface area (TPSA) is 16.4 Å². The Kier molecular flexibility index (Phi) is 6.49. The van der Waals surface area contributed by atoms with E-state index in [0.29, 0.717) is 0 Å². The lowest BCUT2D eigenvalue weighted by Crippen LogP contribution is -3.00. The van der Waals surface area contributed by atoms with Crippen LogP contribution in [-0.4, -0.2) is 14.2 Å². The van der Waals surface area contributed by atoms with E-state index in [4.69, 9.17) is 4.74 Å². The normalized spacial score (nSPS) is 13.9. The van der Waals surface area contributed by atoms with Crippen LogP contribution in [-0.2, 0) is 0 Å². The molecular formula is C27H25IN2OS. The molecule has 0 aliphatic carbocycles. The summed E-state index contributed by atoms with van der Waals surface area (Å²) in [5.41, 5.74) is 6.05. The van der Waals surface area contributed by atoms with Crippen LogP contribution < -0.4 is 38.2 Å². The summed E-state index contributed by atoms with van der Waals surface area (Å²) in [5, 5.41) is 3.82. The molecule has 4 aromatic rings. The molecule has 0 spiro atoms. The molecule has 0 unspecified atom stereocenters. The summed E-state index contributed by atoms with van der Waals surface area (Å²) in [6.07, 6.45) is 2.29. The van der Waals surface area contributed by atoms with E-state index >= 15 is 0 Å². The fraction of sp³-hybridized carbons (Fsp3) is 0.148. The van der Waals surface area contributed by atoms with Crippen molar-refractivity contribution in [1.82, 2.24) is 0 Å². The predicted octanol–water partition coefficient (Wildman–Crippen LogP) is 3.29. The second-order valence-electron chi connectivity index (χ2n) is 7.88.